The average Bonchev–Trinajstić information content (AvgIpc) is 2.27. The molecule has 1 rings (SSSR count). The molecule has 0 aliphatic rings. The molecular weight excluding hydrogens is 248 g/mol. The maximum atomic E-state index is 10.9. The highest BCUT2D eigenvalue weighted by Crippen LogP contribution is 2.19. The van der Waals surface area contributed by atoms with Gasteiger partial charge in [-0.05, 0) is 26.3 Å². The monoisotopic (exact) mass is 266 g/mol. The van der Waals surface area contributed by atoms with Gasteiger partial charge in [0.15, 0.2) is 0 Å². The average molecular weight is 266 g/mol. The number of carbonyl (C=O) groups is 1. The third kappa shape index (κ3) is 4.67. The number of carboxylic acids is 1. The van der Waals surface area contributed by atoms with Gasteiger partial charge in [-0.1, -0.05) is 12.1 Å². The fourth-order valence-electron chi connectivity index (χ4n) is 1.64. The van der Waals surface area contributed by atoms with E-state index >= 15 is 0 Å². The second-order valence-corrected chi connectivity index (χ2v) is 5.34. The van der Waals surface area contributed by atoms with E-state index in [1.165, 1.54) is 12.1 Å². The van der Waals surface area contributed by atoms with Crippen LogP contribution in [0, 0.1) is 10.1 Å². The highest BCUT2D eigenvalue weighted by atomic mass is 16.6. The normalized spacial score (nSPS) is 11.6. The first-order valence-electron chi connectivity index (χ1n) is 5.90. The number of rotatable bonds is 5. The molecule has 0 atom stereocenters. The largest absolute Gasteiger partial charge is 0.480 e. The maximum absolute atomic E-state index is 10.9. The van der Waals surface area contributed by atoms with Crippen LogP contribution in [0.15, 0.2) is 24.3 Å². The third-order valence-corrected chi connectivity index (χ3v) is 2.80. The fourth-order valence-corrected chi connectivity index (χ4v) is 1.64. The Balaban J connectivity index is 2.84. The number of nitrogens with zero attached hydrogens (tertiary/aromatic N) is 2. The molecule has 0 spiro atoms. The van der Waals surface area contributed by atoms with Gasteiger partial charge in [0.05, 0.1) is 11.5 Å². The fraction of sp³-hybridized carbons (Fsp3) is 0.462. The molecular formula is C13H18N2O4. The molecule has 0 amide bonds. The highest BCUT2D eigenvalue weighted by Gasteiger charge is 2.23. The first-order chi connectivity index (χ1) is 8.70. The predicted molar refractivity (Wildman–Crippen MR) is 70.9 cm³/mol. The molecule has 0 radical (unpaired) electrons. The predicted octanol–water partition coefficient (Wildman–Crippen LogP) is 2.28. The molecule has 1 aromatic rings. The molecule has 0 aliphatic heterocycles. The van der Waals surface area contributed by atoms with Gasteiger partial charge in [0.2, 0.25) is 0 Å². The van der Waals surface area contributed by atoms with Gasteiger partial charge in [-0.15, -0.1) is 0 Å². The summed E-state index contributed by atoms with van der Waals surface area (Å²) in [5.74, 6) is -0.892. The second-order valence-electron chi connectivity index (χ2n) is 5.34. The molecule has 1 aromatic carbocycles. The Kier molecular flexibility index (Phi) is 4.61. The van der Waals surface area contributed by atoms with Crippen molar-refractivity contribution in [3.63, 3.8) is 0 Å². The van der Waals surface area contributed by atoms with Crippen LogP contribution in [-0.4, -0.2) is 33.0 Å². The van der Waals surface area contributed by atoms with E-state index in [1.807, 2.05) is 20.8 Å². The lowest BCUT2D eigenvalue weighted by atomic mass is 10.0. The van der Waals surface area contributed by atoms with Crippen molar-refractivity contribution >= 4 is 11.7 Å². The first kappa shape index (κ1) is 15.1. The van der Waals surface area contributed by atoms with Crippen LogP contribution in [0.4, 0.5) is 5.69 Å². The zero-order valence-corrected chi connectivity index (χ0v) is 11.3. The van der Waals surface area contributed by atoms with Crippen molar-refractivity contribution < 1.29 is 14.8 Å². The Morgan fingerprint density at radius 1 is 1.32 bits per heavy atom. The minimum absolute atomic E-state index is 0.0318. The Labute approximate surface area is 111 Å². The molecule has 6 heteroatoms. The van der Waals surface area contributed by atoms with Gasteiger partial charge in [-0.25, -0.2) is 0 Å². The van der Waals surface area contributed by atoms with Gasteiger partial charge in [-0.2, -0.15) is 0 Å². The topological polar surface area (TPSA) is 83.7 Å². The van der Waals surface area contributed by atoms with Crippen LogP contribution in [0.2, 0.25) is 0 Å². The number of nitro benzene ring substituents is 1. The molecule has 0 aliphatic carbocycles. The SMILES string of the molecule is CC(C)(C)N(CC(=O)O)Cc1ccc([N+](=O)[O-])cc1. The number of hydrogen-bond donors (Lipinski definition) is 1. The standard InChI is InChI=1S/C13H18N2O4/c1-13(2,3)14(9-12(16)17)8-10-4-6-11(7-5-10)15(18)19/h4-7H,8-9H2,1-3H3,(H,16,17). The van der Waals surface area contributed by atoms with E-state index in [0.717, 1.165) is 5.56 Å². The van der Waals surface area contributed by atoms with Crippen LogP contribution in [0.3, 0.4) is 0 Å². The summed E-state index contributed by atoms with van der Waals surface area (Å²) in [5.41, 5.74) is 0.589. The van der Waals surface area contributed by atoms with Crippen molar-refractivity contribution in [1.82, 2.24) is 4.90 Å². The van der Waals surface area contributed by atoms with Gasteiger partial charge in [0.25, 0.3) is 5.69 Å². The van der Waals surface area contributed by atoms with E-state index in [2.05, 4.69) is 0 Å². The van der Waals surface area contributed by atoms with Gasteiger partial charge in [0.1, 0.15) is 0 Å². The van der Waals surface area contributed by atoms with Crippen molar-refractivity contribution in [2.24, 2.45) is 0 Å². The lowest BCUT2D eigenvalue weighted by Gasteiger charge is -2.34. The van der Waals surface area contributed by atoms with Gasteiger partial charge >= 0.3 is 5.97 Å². The number of carboxylic acid groups (broad SMARTS) is 1. The maximum Gasteiger partial charge on any atom is 0.317 e. The van der Waals surface area contributed by atoms with Crippen LogP contribution in [-0.2, 0) is 11.3 Å². The van der Waals surface area contributed by atoms with Crippen LogP contribution < -0.4 is 0 Å². The summed E-state index contributed by atoms with van der Waals surface area (Å²) >= 11 is 0. The zero-order valence-electron chi connectivity index (χ0n) is 11.3. The zero-order chi connectivity index (χ0) is 14.6. The van der Waals surface area contributed by atoms with E-state index in [-0.39, 0.29) is 17.8 Å². The summed E-state index contributed by atoms with van der Waals surface area (Å²) < 4.78 is 0. The molecule has 1 N–H and O–H groups in total. The molecule has 0 saturated heterocycles. The van der Waals surface area contributed by atoms with Crippen molar-refractivity contribution in [1.29, 1.82) is 0 Å². The van der Waals surface area contributed by atoms with Crippen molar-refractivity contribution in [2.45, 2.75) is 32.9 Å². The molecule has 19 heavy (non-hydrogen) atoms. The van der Waals surface area contributed by atoms with Crippen LogP contribution in [0.1, 0.15) is 26.3 Å². The summed E-state index contributed by atoms with van der Waals surface area (Å²) in [5, 5.41) is 19.5. The molecule has 0 bridgehead atoms. The summed E-state index contributed by atoms with van der Waals surface area (Å²) in [7, 11) is 0. The smallest absolute Gasteiger partial charge is 0.317 e. The lowest BCUT2D eigenvalue weighted by Crippen LogP contribution is -2.43. The molecule has 0 aromatic heterocycles. The molecule has 0 unspecified atom stereocenters. The lowest BCUT2D eigenvalue weighted by molar-refractivity contribution is -0.384. The molecule has 6 nitrogen and oxygen atoms in total. The summed E-state index contributed by atoms with van der Waals surface area (Å²) in [6.07, 6.45) is 0. The number of benzene rings is 1. The summed E-state index contributed by atoms with van der Waals surface area (Å²) in [6.45, 7) is 6.16. The number of aliphatic carboxylic acids is 1. The highest BCUT2D eigenvalue weighted by molar-refractivity contribution is 5.69. The van der Waals surface area contributed by atoms with Gasteiger partial charge in [-0.3, -0.25) is 19.8 Å². The Hall–Kier alpha value is -1.95. The molecule has 0 heterocycles. The molecule has 104 valence electrons. The third-order valence-electron chi connectivity index (χ3n) is 2.80. The van der Waals surface area contributed by atoms with E-state index in [1.54, 1.807) is 17.0 Å². The van der Waals surface area contributed by atoms with E-state index < -0.39 is 10.9 Å². The van der Waals surface area contributed by atoms with Gasteiger partial charge in [0, 0.05) is 24.2 Å². The van der Waals surface area contributed by atoms with E-state index in [0.29, 0.717) is 6.54 Å². The van der Waals surface area contributed by atoms with Crippen LogP contribution >= 0.6 is 0 Å². The summed E-state index contributed by atoms with van der Waals surface area (Å²) in [4.78, 5) is 22.8. The van der Waals surface area contributed by atoms with Gasteiger partial charge < -0.3 is 5.11 Å². The minimum Gasteiger partial charge on any atom is -0.480 e. The van der Waals surface area contributed by atoms with E-state index in [9.17, 15) is 14.9 Å². The number of hydrogen-bond acceptors (Lipinski definition) is 4. The number of nitro groups is 1. The quantitative estimate of drug-likeness (QED) is 0.653. The Morgan fingerprint density at radius 3 is 2.21 bits per heavy atom. The van der Waals surface area contributed by atoms with Crippen LogP contribution in [0.25, 0.3) is 0 Å². The minimum atomic E-state index is -0.892. The summed E-state index contributed by atoms with van der Waals surface area (Å²) in [6, 6.07) is 6.16. The van der Waals surface area contributed by atoms with Crippen molar-refractivity contribution in [3.8, 4) is 0 Å². The number of non-ortho nitro benzene ring substituents is 1. The molecule has 0 saturated carbocycles. The first-order valence-corrected chi connectivity index (χ1v) is 5.90. The van der Waals surface area contributed by atoms with Crippen molar-refractivity contribution in [2.75, 3.05) is 6.54 Å². The van der Waals surface area contributed by atoms with Crippen LogP contribution in [0.5, 0.6) is 0 Å². The Bertz CT molecular complexity index is 463. The second kappa shape index (κ2) is 5.79. The van der Waals surface area contributed by atoms with E-state index in [4.69, 9.17) is 5.11 Å². The molecule has 0 fully saturated rings. The van der Waals surface area contributed by atoms with Crippen molar-refractivity contribution in [3.05, 3.63) is 39.9 Å². The Morgan fingerprint density at radius 2 is 1.84 bits per heavy atom.